The van der Waals surface area contributed by atoms with E-state index in [0.717, 1.165) is 0 Å². The first-order chi connectivity index (χ1) is 5.57. The van der Waals surface area contributed by atoms with Crippen molar-refractivity contribution in [1.29, 1.82) is 0 Å². The molecule has 0 saturated heterocycles. The van der Waals surface area contributed by atoms with Crippen molar-refractivity contribution in [3.05, 3.63) is 0 Å². The zero-order chi connectivity index (χ0) is 9.56. The predicted octanol–water partition coefficient (Wildman–Crippen LogP) is 0.956. The molecule has 1 atom stereocenters. The third-order valence-corrected chi connectivity index (χ3v) is 1.24. The first kappa shape index (κ1) is 11.3. The Morgan fingerprint density at radius 2 is 2.17 bits per heavy atom. The number of hydrogen-bond donors (Lipinski definition) is 1. The van der Waals surface area contributed by atoms with Crippen LogP contribution in [0.1, 0.15) is 19.8 Å². The SMILES string of the molecule is CCOC(=O)CCC(O)C(F)F. The summed E-state index contributed by atoms with van der Waals surface area (Å²) in [6, 6.07) is 0. The number of carbonyl (C=O) groups is 1. The quantitative estimate of drug-likeness (QED) is 0.644. The predicted molar refractivity (Wildman–Crippen MR) is 37.9 cm³/mol. The van der Waals surface area contributed by atoms with Gasteiger partial charge in [0.05, 0.1) is 6.61 Å². The highest BCUT2D eigenvalue weighted by atomic mass is 19.3. The molecule has 0 aliphatic heterocycles. The summed E-state index contributed by atoms with van der Waals surface area (Å²) in [6.45, 7) is 1.85. The van der Waals surface area contributed by atoms with Crippen LogP contribution in [0.2, 0.25) is 0 Å². The van der Waals surface area contributed by atoms with Crippen molar-refractivity contribution in [3.63, 3.8) is 0 Å². The Hall–Kier alpha value is -0.710. The first-order valence-electron chi connectivity index (χ1n) is 3.69. The molecule has 0 heterocycles. The first-order valence-corrected chi connectivity index (χ1v) is 3.69. The molecule has 0 aliphatic carbocycles. The van der Waals surface area contributed by atoms with E-state index in [1.54, 1.807) is 6.92 Å². The third kappa shape index (κ3) is 5.01. The van der Waals surface area contributed by atoms with Crippen LogP contribution in [0.25, 0.3) is 0 Å². The average molecular weight is 182 g/mol. The lowest BCUT2D eigenvalue weighted by atomic mass is 10.2. The van der Waals surface area contributed by atoms with Gasteiger partial charge in [0.25, 0.3) is 6.43 Å². The lowest BCUT2D eigenvalue weighted by Gasteiger charge is -2.07. The van der Waals surface area contributed by atoms with E-state index in [-0.39, 0.29) is 19.4 Å². The summed E-state index contributed by atoms with van der Waals surface area (Å²) in [7, 11) is 0. The van der Waals surface area contributed by atoms with Gasteiger partial charge in [-0.05, 0) is 13.3 Å². The summed E-state index contributed by atoms with van der Waals surface area (Å²) < 4.78 is 27.8. The van der Waals surface area contributed by atoms with Crippen LogP contribution >= 0.6 is 0 Å². The lowest BCUT2D eigenvalue weighted by Crippen LogP contribution is -2.19. The van der Waals surface area contributed by atoms with Crippen molar-refractivity contribution in [3.8, 4) is 0 Å². The third-order valence-electron chi connectivity index (χ3n) is 1.24. The molecule has 1 N–H and O–H groups in total. The van der Waals surface area contributed by atoms with Gasteiger partial charge >= 0.3 is 5.97 Å². The smallest absolute Gasteiger partial charge is 0.305 e. The fourth-order valence-electron chi connectivity index (χ4n) is 0.625. The van der Waals surface area contributed by atoms with Crippen LogP contribution in [0.4, 0.5) is 8.78 Å². The van der Waals surface area contributed by atoms with Crippen LogP contribution in [-0.2, 0) is 9.53 Å². The number of aliphatic hydroxyl groups excluding tert-OH is 1. The minimum Gasteiger partial charge on any atom is -0.466 e. The highest BCUT2D eigenvalue weighted by Gasteiger charge is 2.17. The minimum atomic E-state index is -2.79. The fraction of sp³-hybridized carbons (Fsp3) is 0.857. The topological polar surface area (TPSA) is 46.5 Å². The lowest BCUT2D eigenvalue weighted by molar-refractivity contribution is -0.144. The van der Waals surface area contributed by atoms with E-state index >= 15 is 0 Å². The molecule has 5 heteroatoms. The summed E-state index contributed by atoms with van der Waals surface area (Å²) in [5.41, 5.74) is 0. The molecule has 0 amide bonds. The number of ether oxygens (including phenoxy) is 1. The van der Waals surface area contributed by atoms with Gasteiger partial charge in [-0.25, -0.2) is 8.78 Å². The Morgan fingerprint density at radius 3 is 2.58 bits per heavy atom. The van der Waals surface area contributed by atoms with Crippen molar-refractivity contribution in [2.24, 2.45) is 0 Å². The van der Waals surface area contributed by atoms with Crippen LogP contribution in [-0.4, -0.2) is 30.2 Å². The van der Waals surface area contributed by atoms with Gasteiger partial charge in [0, 0.05) is 6.42 Å². The second-order valence-corrected chi connectivity index (χ2v) is 2.25. The largest absolute Gasteiger partial charge is 0.466 e. The van der Waals surface area contributed by atoms with E-state index in [9.17, 15) is 13.6 Å². The molecule has 0 spiro atoms. The molecule has 0 aromatic carbocycles. The van der Waals surface area contributed by atoms with Crippen molar-refractivity contribution in [1.82, 2.24) is 0 Å². The van der Waals surface area contributed by atoms with Crippen molar-refractivity contribution < 1.29 is 23.4 Å². The Kier molecular flexibility index (Phi) is 5.53. The number of halogens is 2. The van der Waals surface area contributed by atoms with Gasteiger partial charge in [-0.1, -0.05) is 0 Å². The van der Waals surface area contributed by atoms with Gasteiger partial charge in [0.1, 0.15) is 6.10 Å². The maximum absolute atomic E-state index is 11.7. The molecule has 0 rings (SSSR count). The second-order valence-electron chi connectivity index (χ2n) is 2.25. The maximum atomic E-state index is 11.7. The summed E-state index contributed by atoms with van der Waals surface area (Å²) in [5, 5.41) is 8.59. The van der Waals surface area contributed by atoms with Gasteiger partial charge in [-0.2, -0.15) is 0 Å². The summed E-state index contributed by atoms with van der Waals surface area (Å²) in [6.07, 6.45) is -4.94. The van der Waals surface area contributed by atoms with Gasteiger partial charge in [0.15, 0.2) is 0 Å². The number of carbonyl (C=O) groups excluding carboxylic acids is 1. The Morgan fingerprint density at radius 1 is 1.58 bits per heavy atom. The number of aliphatic hydroxyl groups is 1. The van der Waals surface area contributed by atoms with Crippen LogP contribution < -0.4 is 0 Å². The van der Waals surface area contributed by atoms with Gasteiger partial charge < -0.3 is 9.84 Å². The summed E-state index contributed by atoms with van der Waals surface area (Å²) in [5.74, 6) is -0.558. The molecule has 0 aliphatic rings. The molecule has 3 nitrogen and oxygen atoms in total. The molecule has 0 aromatic heterocycles. The number of rotatable bonds is 5. The maximum Gasteiger partial charge on any atom is 0.305 e. The van der Waals surface area contributed by atoms with Crippen molar-refractivity contribution >= 4 is 5.97 Å². The monoisotopic (exact) mass is 182 g/mol. The highest BCUT2D eigenvalue weighted by Crippen LogP contribution is 2.07. The number of hydrogen-bond acceptors (Lipinski definition) is 3. The van der Waals surface area contributed by atoms with E-state index < -0.39 is 18.5 Å². The minimum absolute atomic E-state index is 0.167. The van der Waals surface area contributed by atoms with E-state index in [4.69, 9.17) is 5.11 Å². The Balaban J connectivity index is 3.47. The highest BCUT2D eigenvalue weighted by molar-refractivity contribution is 5.69. The van der Waals surface area contributed by atoms with Crippen LogP contribution in [0.3, 0.4) is 0 Å². The molecule has 0 bridgehead atoms. The van der Waals surface area contributed by atoms with Gasteiger partial charge in [-0.3, -0.25) is 4.79 Å². The molecule has 0 saturated carbocycles. The van der Waals surface area contributed by atoms with E-state index in [2.05, 4.69) is 4.74 Å². The number of esters is 1. The molecular formula is C7H12F2O3. The van der Waals surface area contributed by atoms with E-state index in [1.165, 1.54) is 0 Å². The van der Waals surface area contributed by atoms with Crippen LogP contribution in [0.5, 0.6) is 0 Å². The molecule has 72 valence electrons. The second kappa shape index (κ2) is 5.88. The fourth-order valence-corrected chi connectivity index (χ4v) is 0.625. The number of alkyl halides is 2. The average Bonchev–Trinajstić information content (AvgIpc) is 2.00. The van der Waals surface area contributed by atoms with Crippen molar-refractivity contribution in [2.75, 3.05) is 6.61 Å². The molecule has 0 aromatic rings. The summed E-state index contributed by atoms with van der Waals surface area (Å²) >= 11 is 0. The van der Waals surface area contributed by atoms with Crippen molar-refractivity contribution in [2.45, 2.75) is 32.3 Å². The molecule has 0 radical (unpaired) electrons. The van der Waals surface area contributed by atoms with Crippen LogP contribution in [0, 0.1) is 0 Å². The van der Waals surface area contributed by atoms with Gasteiger partial charge in [-0.15, -0.1) is 0 Å². The van der Waals surface area contributed by atoms with Crippen LogP contribution in [0.15, 0.2) is 0 Å². The van der Waals surface area contributed by atoms with E-state index in [1.807, 2.05) is 0 Å². The van der Waals surface area contributed by atoms with E-state index in [0.29, 0.717) is 0 Å². The summed E-state index contributed by atoms with van der Waals surface area (Å²) in [4.78, 5) is 10.6. The standard InChI is InChI=1S/C7H12F2O3/c1-2-12-6(11)4-3-5(10)7(8)9/h5,7,10H,2-4H2,1H3. The van der Waals surface area contributed by atoms with Gasteiger partial charge in [0.2, 0.25) is 0 Å². The molecule has 1 unspecified atom stereocenters. The molecule has 0 fully saturated rings. The normalized spacial score (nSPS) is 13.1. The Labute approximate surface area is 69.3 Å². The zero-order valence-electron chi connectivity index (χ0n) is 6.80. The zero-order valence-corrected chi connectivity index (χ0v) is 6.80. The molecule has 12 heavy (non-hydrogen) atoms. The Bertz CT molecular complexity index is 139. The molecular weight excluding hydrogens is 170 g/mol.